The molecule has 2 atom stereocenters. The lowest BCUT2D eigenvalue weighted by Crippen LogP contribution is -2.42. The highest BCUT2D eigenvalue weighted by atomic mass is 127. The maximum absolute atomic E-state index is 11.9. The zero-order valence-electron chi connectivity index (χ0n) is 17.0. The summed E-state index contributed by atoms with van der Waals surface area (Å²) in [6.07, 6.45) is 4.32. The van der Waals surface area contributed by atoms with Gasteiger partial charge in [-0.1, -0.05) is 25.1 Å². The van der Waals surface area contributed by atoms with E-state index in [1.54, 1.807) is 7.05 Å². The average molecular weight is 499 g/mol. The van der Waals surface area contributed by atoms with Crippen molar-refractivity contribution in [3.05, 3.63) is 29.8 Å². The van der Waals surface area contributed by atoms with Gasteiger partial charge in [0.05, 0.1) is 0 Å². The lowest BCUT2D eigenvalue weighted by Gasteiger charge is -2.30. The van der Waals surface area contributed by atoms with Crippen molar-refractivity contribution in [2.45, 2.75) is 38.5 Å². The Bertz CT molecular complexity index is 666. The molecule has 3 rings (SSSR count). The number of halogens is 1. The first-order valence-corrected chi connectivity index (χ1v) is 10.2. The Hall–Kier alpha value is -1.35. The molecule has 156 valence electrons. The quantitative estimate of drug-likeness (QED) is 0.244. The number of fused-ring (bicyclic) bond motifs is 1. The average Bonchev–Trinajstić information content (AvgIpc) is 2.67. The van der Waals surface area contributed by atoms with Crippen LogP contribution in [0.4, 0.5) is 5.69 Å². The van der Waals surface area contributed by atoms with Gasteiger partial charge in [-0.15, -0.1) is 24.0 Å². The molecule has 1 saturated heterocycles. The third kappa shape index (κ3) is 6.62. The van der Waals surface area contributed by atoms with E-state index in [1.165, 1.54) is 31.5 Å². The van der Waals surface area contributed by atoms with E-state index in [4.69, 9.17) is 0 Å². The third-order valence-corrected chi connectivity index (χ3v) is 5.53. The molecule has 1 fully saturated rings. The van der Waals surface area contributed by atoms with Crippen LogP contribution in [0.15, 0.2) is 29.3 Å². The Morgan fingerprint density at radius 1 is 1.32 bits per heavy atom. The number of piperidine rings is 1. The fourth-order valence-corrected chi connectivity index (χ4v) is 4.12. The van der Waals surface area contributed by atoms with E-state index >= 15 is 0 Å². The molecule has 0 radical (unpaired) electrons. The number of carbonyl (C=O) groups excluding carboxylic acids is 1. The fraction of sp³-hybridized carbons (Fsp3) is 0.619. The van der Waals surface area contributed by atoms with Gasteiger partial charge in [-0.3, -0.25) is 9.79 Å². The van der Waals surface area contributed by atoms with E-state index in [0.29, 0.717) is 13.0 Å². The zero-order valence-corrected chi connectivity index (χ0v) is 19.4. The number of benzene rings is 1. The Morgan fingerprint density at radius 2 is 2.14 bits per heavy atom. The van der Waals surface area contributed by atoms with Crippen molar-refractivity contribution in [1.29, 1.82) is 0 Å². The number of nitrogens with one attached hydrogen (secondary N) is 3. The number of amides is 1. The van der Waals surface area contributed by atoms with Crippen LogP contribution < -0.4 is 16.0 Å². The molecule has 2 aliphatic rings. The Morgan fingerprint density at radius 3 is 2.93 bits per heavy atom. The highest BCUT2D eigenvalue weighted by Crippen LogP contribution is 2.31. The number of para-hydroxylation sites is 1. The van der Waals surface area contributed by atoms with Crippen molar-refractivity contribution >= 4 is 41.5 Å². The van der Waals surface area contributed by atoms with Gasteiger partial charge in [-0.25, -0.2) is 0 Å². The highest BCUT2D eigenvalue weighted by molar-refractivity contribution is 14.0. The summed E-state index contributed by atoms with van der Waals surface area (Å²) < 4.78 is 0. The second-order valence-corrected chi connectivity index (χ2v) is 7.82. The molecule has 1 aromatic rings. The summed E-state index contributed by atoms with van der Waals surface area (Å²) in [6, 6.07) is 8.04. The van der Waals surface area contributed by atoms with Gasteiger partial charge in [0.25, 0.3) is 0 Å². The van der Waals surface area contributed by atoms with E-state index < -0.39 is 0 Å². The van der Waals surface area contributed by atoms with Crippen LogP contribution in [0.5, 0.6) is 0 Å². The summed E-state index contributed by atoms with van der Waals surface area (Å²) in [7, 11) is 1.79. The molecule has 0 saturated carbocycles. The van der Waals surface area contributed by atoms with E-state index in [9.17, 15) is 4.79 Å². The SMILES string of the molecule is CN=C(NCCCN1CCCC(C)C1)NCC1CC(=O)Nc2ccccc21.I. The molecule has 7 heteroatoms. The molecule has 0 spiro atoms. The first-order chi connectivity index (χ1) is 13.2. The first-order valence-electron chi connectivity index (χ1n) is 10.2. The summed E-state index contributed by atoms with van der Waals surface area (Å²) in [6.45, 7) is 7.57. The van der Waals surface area contributed by atoms with Gasteiger partial charge in [0.2, 0.25) is 5.91 Å². The van der Waals surface area contributed by atoms with Crippen LogP contribution in [-0.4, -0.2) is 56.5 Å². The number of anilines is 1. The summed E-state index contributed by atoms with van der Waals surface area (Å²) in [4.78, 5) is 18.8. The summed E-state index contributed by atoms with van der Waals surface area (Å²) in [5, 5.41) is 9.75. The molecule has 3 N–H and O–H groups in total. The Labute approximate surface area is 186 Å². The monoisotopic (exact) mass is 499 g/mol. The molecular formula is C21H34IN5O. The summed E-state index contributed by atoms with van der Waals surface area (Å²) in [5.41, 5.74) is 2.12. The van der Waals surface area contributed by atoms with Gasteiger partial charge in [0.1, 0.15) is 0 Å². The molecule has 6 nitrogen and oxygen atoms in total. The van der Waals surface area contributed by atoms with Crippen molar-refractivity contribution in [3.8, 4) is 0 Å². The van der Waals surface area contributed by atoms with Gasteiger partial charge < -0.3 is 20.9 Å². The second-order valence-electron chi connectivity index (χ2n) is 7.82. The van der Waals surface area contributed by atoms with Crippen LogP contribution >= 0.6 is 24.0 Å². The zero-order chi connectivity index (χ0) is 19.1. The molecule has 2 heterocycles. The van der Waals surface area contributed by atoms with Crippen LogP contribution in [-0.2, 0) is 4.79 Å². The van der Waals surface area contributed by atoms with Crippen molar-refractivity contribution in [2.75, 3.05) is 45.1 Å². The van der Waals surface area contributed by atoms with Crippen molar-refractivity contribution < 1.29 is 4.79 Å². The number of aliphatic imine (C=N–C) groups is 1. The lowest BCUT2D eigenvalue weighted by atomic mass is 9.90. The number of hydrogen-bond acceptors (Lipinski definition) is 3. The van der Waals surface area contributed by atoms with Crippen molar-refractivity contribution in [1.82, 2.24) is 15.5 Å². The van der Waals surface area contributed by atoms with Crippen molar-refractivity contribution in [2.24, 2.45) is 10.9 Å². The molecule has 0 aliphatic carbocycles. The van der Waals surface area contributed by atoms with E-state index in [2.05, 4.69) is 38.8 Å². The standard InChI is InChI=1S/C21H33N5O.HI/c1-16-7-5-11-26(15-16)12-6-10-23-21(22-2)24-14-17-13-20(27)25-19-9-4-3-8-18(17)19;/h3-4,8-9,16-17H,5-7,10-15H2,1-2H3,(H,25,27)(H2,22,23,24);1H. The molecule has 2 aliphatic heterocycles. The van der Waals surface area contributed by atoms with Crippen LogP contribution in [0.1, 0.15) is 44.1 Å². The van der Waals surface area contributed by atoms with E-state index in [1.807, 2.05) is 18.2 Å². The van der Waals surface area contributed by atoms with E-state index in [-0.39, 0.29) is 35.8 Å². The number of hydrogen-bond donors (Lipinski definition) is 3. The molecule has 1 aromatic carbocycles. The minimum absolute atomic E-state index is 0. The number of guanidine groups is 1. The first kappa shape index (κ1) is 22.9. The predicted molar refractivity (Wildman–Crippen MR) is 127 cm³/mol. The summed E-state index contributed by atoms with van der Waals surface area (Å²) in [5.74, 6) is 1.89. The normalized spacial score (nSPS) is 22.6. The predicted octanol–water partition coefficient (Wildman–Crippen LogP) is 3.02. The molecule has 0 bridgehead atoms. The Balaban J connectivity index is 0.00000280. The smallest absolute Gasteiger partial charge is 0.225 e. The highest BCUT2D eigenvalue weighted by Gasteiger charge is 2.24. The van der Waals surface area contributed by atoms with Crippen LogP contribution in [0, 0.1) is 5.92 Å². The van der Waals surface area contributed by atoms with Gasteiger partial charge in [0, 0.05) is 44.7 Å². The van der Waals surface area contributed by atoms with Gasteiger partial charge in [-0.05, 0) is 49.9 Å². The number of rotatable bonds is 6. The maximum atomic E-state index is 11.9. The Kier molecular flexibility index (Phi) is 9.50. The number of carbonyl (C=O) groups is 1. The van der Waals surface area contributed by atoms with Gasteiger partial charge in [0.15, 0.2) is 5.96 Å². The lowest BCUT2D eigenvalue weighted by molar-refractivity contribution is -0.116. The fourth-order valence-electron chi connectivity index (χ4n) is 4.12. The largest absolute Gasteiger partial charge is 0.356 e. The topological polar surface area (TPSA) is 68.8 Å². The molecule has 2 unspecified atom stereocenters. The second kappa shape index (κ2) is 11.6. The van der Waals surface area contributed by atoms with E-state index in [0.717, 1.165) is 37.1 Å². The van der Waals surface area contributed by atoms with Gasteiger partial charge in [-0.2, -0.15) is 0 Å². The molecule has 1 amide bonds. The summed E-state index contributed by atoms with van der Waals surface area (Å²) >= 11 is 0. The molecular weight excluding hydrogens is 465 g/mol. The third-order valence-electron chi connectivity index (χ3n) is 5.53. The van der Waals surface area contributed by atoms with Crippen LogP contribution in [0.3, 0.4) is 0 Å². The maximum Gasteiger partial charge on any atom is 0.225 e. The minimum atomic E-state index is 0. The number of nitrogens with zero attached hydrogens (tertiary/aromatic N) is 2. The van der Waals surface area contributed by atoms with Crippen LogP contribution in [0.25, 0.3) is 0 Å². The minimum Gasteiger partial charge on any atom is -0.356 e. The van der Waals surface area contributed by atoms with Gasteiger partial charge >= 0.3 is 0 Å². The molecule has 0 aromatic heterocycles. The number of likely N-dealkylation sites (tertiary alicyclic amines) is 1. The van der Waals surface area contributed by atoms with Crippen LogP contribution in [0.2, 0.25) is 0 Å². The van der Waals surface area contributed by atoms with Crippen molar-refractivity contribution in [3.63, 3.8) is 0 Å². The molecule has 28 heavy (non-hydrogen) atoms.